The van der Waals surface area contributed by atoms with E-state index in [-0.39, 0.29) is 11.6 Å². The van der Waals surface area contributed by atoms with Crippen LogP contribution >= 0.6 is 0 Å². The van der Waals surface area contributed by atoms with E-state index in [0.29, 0.717) is 28.9 Å². The van der Waals surface area contributed by atoms with E-state index in [1.807, 2.05) is 13.0 Å². The lowest BCUT2D eigenvalue weighted by molar-refractivity contribution is 0.252. The van der Waals surface area contributed by atoms with Crippen molar-refractivity contribution in [1.29, 1.82) is 0 Å². The number of anilines is 1. The van der Waals surface area contributed by atoms with Crippen molar-refractivity contribution < 1.29 is 13.9 Å². The Morgan fingerprint density at radius 1 is 1.23 bits per heavy atom. The van der Waals surface area contributed by atoms with Gasteiger partial charge in [0.1, 0.15) is 22.8 Å². The van der Waals surface area contributed by atoms with Gasteiger partial charge in [0.05, 0.1) is 12.6 Å². The molecule has 1 aromatic carbocycles. The monoisotopic (exact) mass is 406 g/mol. The van der Waals surface area contributed by atoms with Crippen molar-refractivity contribution in [2.75, 3.05) is 19.0 Å². The highest BCUT2D eigenvalue weighted by Gasteiger charge is 2.18. The zero-order valence-electron chi connectivity index (χ0n) is 16.4. The fourth-order valence-electron chi connectivity index (χ4n) is 3.19. The molecule has 0 saturated heterocycles. The van der Waals surface area contributed by atoms with Crippen LogP contribution in [0.4, 0.5) is 15.1 Å². The number of methoxy groups -OCH3 is 1. The molecule has 0 radical (unpaired) electrons. The fraction of sp³-hybridized carbons (Fsp3) is 0.143. The van der Waals surface area contributed by atoms with Crippen LogP contribution in [0.2, 0.25) is 0 Å². The average molecular weight is 406 g/mol. The van der Waals surface area contributed by atoms with Crippen molar-refractivity contribution in [2.45, 2.75) is 6.92 Å². The Kier molecular flexibility index (Phi) is 5.25. The lowest BCUT2D eigenvalue weighted by Crippen LogP contribution is -2.28. The Hall–Kier alpha value is -4.01. The molecular weight excluding hydrogens is 387 g/mol. The minimum atomic E-state index is -0.477. The van der Waals surface area contributed by atoms with Gasteiger partial charge in [-0.25, -0.2) is 14.2 Å². The van der Waals surface area contributed by atoms with Gasteiger partial charge >= 0.3 is 6.03 Å². The van der Waals surface area contributed by atoms with Crippen molar-refractivity contribution in [2.24, 2.45) is 0 Å². The van der Waals surface area contributed by atoms with Gasteiger partial charge in [0.15, 0.2) is 0 Å². The number of pyridine rings is 2. The van der Waals surface area contributed by atoms with Crippen LogP contribution in [0.3, 0.4) is 0 Å². The van der Waals surface area contributed by atoms with Gasteiger partial charge in [0.25, 0.3) is 0 Å². The standard InChI is InChI=1S/C21H19FN6O2/c1-3-24-21(29)28-20-26-16-10-12(14-11-23-8-6-17(14)30-2)9-13(19(16)27-20)18-15(22)5-4-7-25-18/h4-11H,3H2,1-2H3,(H3,24,26,27,28,29). The Morgan fingerprint density at radius 2 is 2.10 bits per heavy atom. The Labute approximate surface area is 171 Å². The molecule has 0 spiro atoms. The summed E-state index contributed by atoms with van der Waals surface area (Å²) in [5.41, 5.74) is 3.18. The second kappa shape index (κ2) is 8.16. The molecule has 0 unspecified atom stereocenters. The molecule has 4 aromatic rings. The SMILES string of the molecule is CCNC(=O)Nc1nc2c(-c3ncccc3F)cc(-c3cnccc3OC)cc2[nH]1. The fourth-order valence-corrected chi connectivity index (χ4v) is 3.19. The van der Waals surface area contributed by atoms with Gasteiger partial charge in [-0.05, 0) is 42.8 Å². The lowest BCUT2D eigenvalue weighted by Gasteiger charge is -2.10. The van der Waals surface area contributed by atoms with Crippen LogP contribution < -0.4 is 15.4 Å². The minimum absolute atomic E-state index is 0.156. The van der Waals surface area contributed by atoms with Gasteiger partial charge in [-0.15, -0.1) is 0 Å². The summed E-state index contributed by atoms with van der Waals surface area (Å²) in [6.07, 6.45) is 4.82. The number of rotatable bonds is 5. The van der Waals surface area contributed by atoms with E-state index in [1.54, 1.807) is 31.6 Å². The minimum Gasteiger partial charge on any atom is -0.496 e. The number of carbonyl (C=O) groups is 1. The molecule has 30 heavy (non-hydrogen) atoms. The molecule has 152 valence electrons. The van der Waals surface area contributed by atoms with Crippen molar-refractivity contribution in [1.82, 2.24) is 25.3 Å². The topological polar surface area (TPSA) is 105 Å². The van der Waals surface area contributed by atoms with Crippen LogP contribution in [0.1, 0.15) is 6.92 Å². The Balaban J connectivity index is 1.93. The molecule has 0 bridgehead atoms. The highest BCUT2D eigenvalue weighted by molar-refractivity contribution is 5.98. The van der Waals surface area contributed by atoms with Crippen LogP contribution in [0.15, 0.2) is 48.9 Å². The molecule has 3 heterocycles. The molecule has 0 aliphatic carbocycles. The summed E-state index contributed by atoms with van der Waals surface area (Å²) in [5, 5.41) is 5.28. The third-order valence-electron chi connectivity index (χ3n) is 4.48. The van der Waals surface area contributed by atoms with Crippen LogP contribution in [0.25, 0.3) is 33.4 Å². The normalized spacial score (nSPS) is 10.8. The van der Waals surface area contributed by atoms with Crippen LogP contribution in [0.5, 0.6) is 5.75 Å². The lowest BCUT2D eigenvalue weighted by atomic mass is 10.00. The third kappa shape index (κ3) is 3.64. The highest BCUT2D eigenvalue weighted by atomic mass is 19.1. The van der Waals surface area contributed by atoms with Crippen LogP contribution in [-0.4, -0.2) is 39.6 Å². The number of aromatic nitrogens is 4. The van der Waals surface area contributed by atoms with E-state index in [2.05, 4.69) is 30.6 Å². The molecule has 3 aromatic heterocycles. The zero-order chi connectivity index (χ0) is 21.1. The van der Waals surface area contributed by atoms with Gasteiger partial charge in [-0.1, -0.05) is 0 Å². The van der Waals surface area contributed by atoms with Crippen molar-refractivity contribution in [3.63, 3.8) is 0 Å². The zero-order valence-corrected chi connectivity index (χ0v) is 16.4. The second-order valence-electron chi connectivity index (χ2n) is 6.40. The van der Waals surface area contributed by atoms with E-state index in [1.165, 1.54) is 18.3 Å². The van der Waals surface area contributed by atoms with E-state index >= 15 is 0 Å². The number of ether oxygens (including phenoxy) is 1. The number of hydrogen-bond donors (Lipinski definition) is 3. The summed E-state index contributed by atoms with van der Waals surface area (Å²) in [4.78, 5) is 27.8. The Bertz CT molecular complexity index is 1220. The van der Waals surface area contributed by atoms with Gasteiger partial charge in [-0.3, -0.25) is 15.3 Å². The van der Waals surface area contributed by atoms with Crippen molar-refractivity contribution in [3.05, 3.63) is 54.7 Å². The number of fused-ring (bicyclic) bond motifs is 1. The number of carbonyl (C=O) groups excluding carboxylic acids is 1. The number of benzene rings is 1. The van der Waals surface area contributed by atoms with Crippen LogP contribution in [0, 0.1) is 5.82 Å². The molecule has 0 aliphatic heterocycles. The van der Waals surface area contributed by atoms with E-state index in [4.69, 9.17) is 4.74 Å². The largest absolute Gasteiger partial charge is 0.496 e. The molecule has 4 rings (SSSR count). The quantitative estimate of drug-likeness (QED) is 0.465. The van der Waals surface area contributed by atoms with Crippen molar-refractivity contribution in [3.8, 4) is 28.1 Å². The maximum absolute atomic E-state index is 14.6. The van der Waals surface area contributed by atoms with Crippen molar-refractivity contribution >= 4 is 23.0 Å². The van der Waals surface area contributed by atoms with Gasteiger partial charge < -0.3 is 15.0 Å². The first-order chi connectivity index (χ1) is 14.6. The summed E-state index contributed by atoms with van der Waals surface area (Å²) in [6.45, 7) is 2.29. The highest BCUT2D eigenvalue weighted by Crippen LogP contribution is 2.36. The molecule has 0 fully saturated rings. The molecule has 0 saturated carbocycles. The molecular formula is C21H19FN6O2. The number of H-pyrrole nitrogens is 1. The third-order valence-corrected chi connectivity index (χ3v) is 4.48. The molecule has 8 nitrogen and oxygen atoms in total. The maximum Gasteiger partial charge on any atom is 0.321 e. The van der Waals surface area contributed by atoms with Gasteiger partial charge in [0.2, 0.25) is 5.95 Å². The van der Waals surface area contributed by atoms with E-state index < -0.39 is 11.8 Å². The van der Waals surface area contributed by atoms with E-state index in [0.717, 1.165) is 11.1 Å². The molecule has 0 aliphatic rings. The first-order valence-corrected chi connectivity index (χ1v) is 9.28. The number of hydrogen-bond acceptors (Lipinski definition) is 5. The summed E-state index contributed by atoms with van der Waals surface area (Å²) < 4.78 is 20.0. The second-order valence-corrected chi connectivity index (χ2v) is 6.40. The smallest absolute Gasteiger partial charge is 0.321 e. The number of imidazole rings is 1. The van der Waals surface area contributed by atoms with Gasteiger partial charge in [0, 0.05) is 36.3 Å². The number of amides is 2. The first-order valence-electron chi connectivity index (χ1n) is 9.28. The summed E-state index contributed by atoms with van der Waals surface area (Å²) in [6, 6.07) is 7.84. The number of nitrogens with zero attached hydrogens (tertiary/aromatic N) is 3. The molecule has 3 N–H and O–H groups in total. The number of halogens is 1. The summed E-state index contributed by atoms with van der Waals surface area (Å²) >= 11 is 0. The van der Waals surface area contributed by atoms with Crippen LogP contribution in [-0.2, 0) is 0 Å². The summed E-state index contributed by atoms with van der Waals surface area (Å²) in [7, 11) is 1.57. The first kappa shape index (κ1) is 19.3. The average Bonchev–Trinajstić information content (AvgIpc) is 3.15. The number of aromatic amines is 1. The maximum atomic E-state index is 14.6. The predicted molar refractivity (Wildman–Crippen MR) is 112 cm³/mol. The number of nitrogens with one attached hydrogen (secondary N) is 3. The molecule has 9 heteroatoms. The Morgan fingerprint density at radius 3 is 2.87 bits per heavy atom. The molecule has 0 atom stereocenters. The van der Waals surface area contributed by atoms with Gasteiger partial charge in [-0.2, -0.15) is 0 Å². The number of urea groups is 1. The van der Waals surface area contributed by atoms with E-state index in [9.17, 15) is 9.18 Å². The predicted octanol–water partition coefficient (Wildman–Crippen LogP) is 3.98. The summed E-state index contributed by atoms with van der Waals surface area (Å²) in [5.74, 6) is 0.385. The molecule has 2 amide bonds.